The van der Waals surface area contributed by atoms with Gasteiger partial charge in [-0.3, -0.25) is 4.90 Å². The first kappa shape index (κ1) is 17.9. The quantitative estimate of drug-likeness (QED) is 0.870. The summed E-state index contributed by atoms with van der Waals surface area (Å²) in [5, 5.41) is 10.5. The highest BCUT2D eigenvalue weighted by Crippen LogP contribution is 2.27. The van der Waals surface area contributed by atoms with E-state index in [1.807, 2.05) is 53.4 Å². The monoisotopic (exact) mass is 343 g/mol. The predicted octanol–water partition coefficient (Wildman–Crippen LogP) is 3.56. The Balaban J connectivity index is 1.55. The Hall–Kier alpha value is -1.91. The Morgan fingerprint density at radius 2 is 2.04 bits per heavy atom. The smallest absolute Gasteiger partial charge is 0.119 e. The standard InChI is InChI=1S/C21H26FNO2/c1-25-19-9-10-20-17(13-19)11-12-23(15-21(20)24)14-18(22)8-7-16-5-3-2-4-6-16/h2-6,9-10,13,18,21,24H,7-8,11-12,14-15H2,1H3. The highest BCUT2D eigenvalue weighted by molar-refractivity contribution is 5.38. The van der Waals surface area contributed by atoms with Gasteiger partial charge in [0.25, 0.3) is 0 Å². The fourth-order valence-corrected chi connectivity index (χ4v) is 3.47. The van der Waals surface area contributed by atoms with Crippen LogP contribution < -0.4 is 4.74 Å². The van der Waals surface area contributed by atoms with Gasteiger partial charge in [0, 0.05) is 19.6 Å². The number of benzene rings is 2. The molecule has 3 rings (SSSR count). The second-order valence-electron chi connectivity index (χ2n) is 6.71. The molecule has 0 spiro atoms. The van der Waals surface area contributed by atoms with E-state index in [0.29, 0.717) is 19.5 Å². The maximum atomic E-state index is 14.4. The number of rotatable bonds is 6. The number of halogens is 1. The van der Waals surface area contributed by atoms with Crippen molar-refractivity contribution in [3.63, 3.8) is 0 Å². The van der Waals surface area contributed by atoms with Gasteiger partial charge in [-0.15, -0.1) is 0 Å². The minimum atomic E-state index is -0.886. The molecule has 25 heavy (non-hydrogen) atoms. The van der Waals surface area contributed by atoms with Crippen molar-refractivity contribution >= 4 is 0 Å². The lowest BCUT2D eigenvalue weighted by molar-refractivity contribution is 0.101. The SMILES string of the molecule is COc1ccc2c(c1)CCN(CC(F)CCc1ccccc1)CC2O. The lowest BCUT2D eigenvalue weighted by Crippen LogP contribution is -2.34. The maximum Gasteiger partial charge on any atom is 0.119 e. The van der Waals surface area contributed by atoms with E-state index in [2.05, 4.69) is 0 Å². The van der Waals surface area contributed by atoms with Crippen LogP contribution >= 0.6 is 0 Å². The van der Waals surface area contributed by atoms with E-state index in [1.54, 1.807) is 7.11 Å². The minimum Gasteiger partial charge on any atom is -0.497 e. The number of alkyl halides is 1. The molecule has 0 amide bonds. The summed E-state index contributed by atoms with van der Waals surface area (Å²) < 4.78 is 19.7. The molecule has 3 nitrogen and oxygen atoms in total. The predicted molar refractivity (Wildman–Crippen MR) is 97.8 cm³/mol. The van der Waals surface area contributed by atoms with E-state index < -0.39 is 12.3 Å². The highest BCUT2D eigenvalue weighted by Gasteiger charge is 2.23. The number of aliphatic hydroxyl groups is 1. The van der Waals surface area contributed by atoms with E-state index in [4.69, 9.17) is 4.74 Å². The second kappa shape index (κ2) is 8.45. The molecule has 2 aromatic rings. The van der Waals surface area contributed by atoms with Gasteiger partial charge in [-0.25, -0.2) is 4.39 Å². The molecule has 0 fully saturated rings. The van der Waals surface area contributed by atoms with Crippen LogP contribution in [0.25, 0.3) is 0 Å². The minimum absolute atomic E-state index is 0.370. The average molecular weight is 343 g/mol. The van der Waals surface area contributed by atoms with Crippen molar-refractivity contribution in [1.29, 1.82) is 0 Å². The van der Waals surface area contributed by atoms with E-state index in [9.17, 15) is 9.50 Å². The topological polar surface area (TPSA) is 32.7 Å². The summed E-state index contributed by atoms with van der Waals surface area (Å²) in [7, 11) is 1.64. The van der Waals surface area contributed by atoms with Crippen LogP contribution in [-0.2, 0) is 12.8 Å². The van der Waals surface area contributed by atoms with Gasteiger partial charge < -0.3 is 9.84 Å². The van der Waals surface area contributed by atoms with Crippen LogP contribution in [0.1, 0.15) is 29.2 Å². The third-order valence-corrected chi connectivity index (χ3v) is 4.88. The van der Waals surface area contributed by atoms with Crippen molar-refractivity contribution in [2.45, 2.75) is 31.5 Å². The number of hydrogen-bond donors (Lipinski definition) is 1. The van der Waals surface area contributed by atoms with Crippen molar-refractivity contribution in [2.75, 3.05) is 26.7 Å². The third kappa shape index (κ3) is 4.80. The zero-order valence-corrected chi connectivity index (χ0v) is 14.7. The molecule has 2 unspecified atom stereocenters. The van der Waals surface area contributed by atoms with Crippen LogP contribution in [0.3, 0.4) is 0 Å². The lowest BCUT2D eigenvalue weighted by Gasteiger charge is -2.24. The molecule has 1 aliphatic heterocycles. The lowest BCUT2D eigenvalue weighted by atomic mass is 10.0. The van der Waals surface area contributed by atoms with Crippen LogP contribution in [0.2, 0.25) is 0 Å². The van der Waals surface area contributed by atoms with Crippen LogP contribution in [-0.4, -0.2) is 42.9 Å². The summed E-state index contributed by atoms with van der Waals surface area (Å²) in [6, 6.07) is 15.8. The summed E-state index contributed by atoms with van der Waals surface area (Å²) in [4.78, 5) is 2.03. The fraction of sp³-hybridized carbons (Fsp3) is 0.429. The van der Waals surface area contributed by atoms with Crippen LogP contribution in [0.15, 0.2) is 48.5 Å². The Bertz CT molecular complexity index is 677. The summed E-state index contributed by atoms with van der Waals surface area (Å²) in [5.74, 6) is 0.797. The molecule has 0 saturated heterocycles. The van der Waals surface area contributed by atoms with Crippen molar-refractivity contribution in [3.05, 3.63) is 65.2 Å². The van der Waals surface area contributed by atoms with Crippen LogP contribution in [0.5, 0.6) is 5.75 Å². The Labute approximate surface area is 149 Å². The van der Waals surface area contributed by atoms with Crippen molar-refractivity contribution in [3.8, 4) is 5.75 Å². The zero-order valence-electron chi connectivity index (χ0n) is 14.7. The molecule has 134 valence electrons. The highest BCUT2D eigenvalue weighted by atomic mass is 19.1. The first-order valence-corrected chi connectivity index (χ1v) is 8.91. The molecule has 2 aromatic carbocycles. The van der Waals surface area contributed by atoms with Crippen molar-refractivity contribution < 1.29 is 14.2 Å². The molecule has 0 saturated carbocycles. The molecular weight excluding hydrogens is 317 g/mol. The van der Waals surface area contributed by atoms with Gasteiger partial charge in [-0.1, -0.05) is 36.4 Å². The number of nitrogens with zero attached hydrogens (tertiary/aromatic N) is 1. The van der Waals surface area contributed by atoms with Gasteiger partial charge in [0.1, 0.15) is 11.9 Å². The molecule has 1 aliphatic rings. The van der Waals surface area contributed by atoms with Gasteiger partial charge in [0.15, 0.2) is 0 Å². The number of fused-ring (bicyclic) bond motifs is 1. The zero-order chi connectivity index (χ0) is 17.6. The van der Waals surface area contributed by atoms with Crippen molar-refractivity contribution in [2.24, 2.45) is 0 Å². The molecule has 1 heterocycles. The number of methoxy groups -OCH3 is 1. The number of β-amino-alcohol motifs (C(OH)–C–C–N with tert-alkyl or cyclic N) is 1. The van der Waals surface area contributed by atoms with E-state index in [-0.39, 0.29) is 0 Å². The summed E-state index contributed by atoms with van der Waals surface area (Å²) in [6.45, 7) is 1.60. The van der Waals surface area contributed by atoms with Crippen LogP contribution in [0, 0.1) is 0 Å². The van der Waals surface area contributed by atoms with E-state index >= 15 is 0 Å². The van der Waals surface area contributed by atoms with Gasteiger partial charge >= 0.3 is 0 Å². The Morgan fingerprint density at radius 3 is 2.80 bits per heavy atom. The molecular formula is C21H26FNO2. The van der Waals surface area contributed by atoms with Gasteiger partial charge in [0.2, 0.25) is 0 Å². The molecule has 0 aromatic heterocycles. The second-order valence-corrected chi connectivity index (χ2v) is 6.71. The first-order valence-electron chi connectivity index (χ1n) is 8.91. The number of hydrogen-bond acceptors (Lipinski definition) is 3. The number of ether oxygens (including phenoxy) is 1. The Morgan fingerprint density at radius 1 is 1.24 bits per heavy atom. The molecule has 0 aliphatic carbocycles. The summed E-state index contributed by atoms with van der Waals surface area (Å²) in [5.41, 5.74) is 3.19. The molecule has 0 radical (unpaired) electrons. The number of aryl methyl sites for hydroxylation is 1. The summed E-state index contributed by atoms with van der Waals surface area (Å²) >= 11 is 0. The molecule has 1 N–H and O–H groups in total. The normalized spacial score (nSPS) is 19.1. The molecule has 2 atom stereocenters. The summed E-state index contributed by atoms with van der Waals surface area (Å²) in [6.07, 6.45) is 0.593. The maximum absolute atomic E-state index is 14.4. The Kier molecular flexibility index (Phi) is 6.05. The van der Waals surface area contributed by atoms with Gasteiger partial charge in [-0.05, 0) is 48.1 Å². The largest absolute Gasteiger partial charge is 0.497 e. The average Bonchev–Trinajstić information content (AvgIpc) is 2.79. The van der Waals surface area contributed by atoms with Gasteiger partial charge in [-0.2, -0.15) is 0 Å². The van der Waals surface area contributed by atoms with E-state index in [1.165, 1.54) is 5.56 Å². The van der Waals surface area contributed by atoms with Gasteiger partial charge in [0.05, 0.1) is 13.2 Å². The van der Waals surface area contributed by atoms with E-state index in [0.717, 1.165) is 36.3 Å². The van der Waals surface area contributed by atoms with Crippen LogP contribution in [0.4, 0.5) is 4.39 Å². The number of aliphatic hydroxyl groups excluding tert-OH is 1. The fourth-order valence-electron chi connectivity index (χ4n) is 3.47. The van der Waals surface area contributed by atoms with Crippen molar-refractivity contribution in [1.82, 2.24) is 4.90 Å². The molecule has 0 bridgehead atoms. The molecule has 4 heteroatoms. The first-order chi connectivity index (χ1) is 12.2. The third-order valence-electron chi connectivity index (χ3n) is 4.88.